The fourth-order valence-corrected chi connectivity index (χ4v) is 2.76. The molecule has 1 N–H and O–H groups in total. The second-order valence-electron chi connectivity index (χ2n) is 5.49. The summed E-state index contributed by atoms with van der Waals surface area (Å²) in [5, 5.41) is 7.42. The quantitative estimate of drug-likeness (QED) is 0.792. The Labute approximate surface area is 126 Å². The van der Waals surface area contributed by atoms with E-state index >= 15 is 0 Å². The zero-order valence-corrected chi connectivity index (χ0v) is 13.4. The first kappa shape index (κ1) is 16.4. The van der Waals surface area contributed by atoms with Gasteiger partial charge in [0.2, 0.25) is 11.7 Å². The van der Waals surface area contributed by atoms with Crippen LogP contribution in [0.3, 0.4) is 0 Å². The van der Waals surface area contributed by atoms with Crippen LogP contribution < -0.4 is 5.32 Å². The Kier molecular flexibility index (Phi) is 6.14. The summed E-state index contributed by atoms with van der Waals surface area (Å²) < 4.78 is 16.8. The normalized spacial score (nSPS) is 17.3. The standard InChI is InChI=1S/C15H27N3O3/c1-4-15(5-2,19-3)14-17-13(21-18-14)8-11-20-12-6-9-16-10-7-12/h12,16H,4-11H2,1-3H3. The Balaban J connectivity index is 1.85. The molecule has 0 aliphatic carbocycles. The Morgan fingerprint density at radius 2 is 2.00 bits per heavy atom. The van der Waals surface area contributed by atoms with E-state index in [0.717, 1.165) is 38.8 Å². The highest BCUT2D eigenvalue weighted by Crippen LogP contribution is 2.30. The van der Waals surface area contributed by atoms with Crippen molar-refractivity contribution in [2.45, 2.75) is 57.7 Å². The Hall–Kier alpha value is -0.980. The number of nitrogens with zero attached hydrogens (tertiary/aromatic N) is 2. The predicted octanol–water partition coefficient (Wildman–Crippen LogP) is 2.04. The van der Waals surface area contributed by atoms with Gasteiger partial charge >= 0.3 is 0 Å². The van der Waals surface area contributed by atoms with Crippen molar-refractivity contribution in [1.29, 1.82) is 0 Å². The molecule has 6 heteroatoms. The van der Waals surface area contributed by atoms with Gasteiger partial charge in [-0.2, -0.15) is 4.98 Å². The van der Waals surface area contributed by atoms with E-state index in [-0.39, 0.29) is 0 Å². The van der Waals surface area contributed by atoms with Gasteiger partial charge in [0, 0.05) is 7.11 Å². The predicted molar refractivity (Wildman–Crippen MR) is 79.1 cm³/mol. The summed E-state index contributed by atoms with van der Waals surface area (Å²) in [5.74, 6) is 1.27. The van der Waals surface area contributed by atoms with E-state index in [9.17, 15) is 0 Å². The van der Waals surface area contributed by atoms with E-state index in [0.29, 0.717) is 30.8 Å². The van der Waals surface area contributed by atoms with Crippen molar-refractivity contribution < 1.29 is 14.0 Å². The molecule has 0 aromatic carbocycles. The van der Waals surface area contributed by atoms with Gasteiger partial charge in [0.05, 0.1) is 19.1 Å². The number of piperidine rings is 1. The summed E-state index contributed by atoms with van der Waals surface area (Å²) in [4.78, 5) is 4.48. The van der Waals surface area contributed by atoms with Gasteiger partial charge in [-0.05, 0) is 38.8 Å². The lowest BCUT2D eigenvalue weighted by molar-refractivity contribution is -0.0306. The lowest BCUT2D eigenvalue weighted by Gasteiger charge is -2.25. The van der Waals surface area contributed by atoms with Gasteiger partial charge in [-0.3, -0.25) is 0 Å². The van der Waals surface area contributed by atoms with Crippen LogP contribution in [0.4, 0.5) is 0 Å². The second kappa shape index (κ2) is 7.87. The molecule has 120 valence electrons. The van der Waals surface area contributed by atoms with Crippen LogP contribution in [0, 0.1) is 0 Å². The number of nitrogens with one attached hydrogen (secondary N) is 1. The molecule has 1 fully saturated rings. The summed E-state index contributed by atoms with van der Waals surface area (Å²) in [7, 11) is 1.70. The lowest BCUT2D eigenvalue weighted by atomic mass is 9.96. The molecule has 1 aromatic heterocycles. The van der Waals surface area contributed by atoms with E-state index in [1.807, 2.05) is 0 Å². The van der Waals surface area contributed by atoms with Crippen molar-refractivity contribution in [2.75, 3.05) is 26.8 Å². The molecule has 0 unspecified atom stereocenters. The highest BCUT2D eigenvalue weighted by Gasteiger charge is 2.33. The summed E-state index contributed by atoms with van der Waals surface area (Å²) in [6.45, 7) is 6.86. The Morgan fingerprint density at radius 1 is 1.29 bits per heavy atom. The Morgan fingerprint density at radius 3 is 2.62 bits per heavy atom. The van der Waals surface area contributed by atoms with Crippen LogP contribution in [0.15, 0.2) is 4.52 Å². The fourth-order valence-electron chi connectivity index (χ4n) is 2.76. The number of hydrogen-bond donors (Lipinski definition) is 1. The molecule has 0 bridgehead atoms. The largest absolute Gasteiger partial charge is 0.378 e. The van der Waals surface area contributed by atoms with E-state index in [1.54, 1.807) is 7.11 Å². The van der Waals surface area contributed by atoms with E-state index in [4.69, 9.17) is 14.0 Å². The molecule has 2 rings (SSSR count). The van der Waals surface area contributed by atoms with E-state index in [1.165, 1.54) is 0 Å². The molecule has 1 aromatic rings. The molecule has 6 nitrogen and oxygen atoms in total. The maximum Gasteiger partial charge on any atom is 0.229 e. The van der Waals surface area contributed by atoms with Crippen LogP contribution in [0.2, 0.25) is 0 Å². The molecule has 0 saturated carbocycles. The average Bonchev–Trinajstić information content (AvgIpc) is 3.00. The molecule has 2 heterocycles. The van der Waals surface area contributed by atoms with E-state index < -0.39 is 5.60 Å². The lowest BCUT2D eigenvalue weighted by Crippen LogP contribution is -2.32. The summed E-state index contributed by atoms with van der Waals surface area (Å²) in [5.41, 5.74) is -0.433. The number of hydrogen-bond acceptors (Lipinski definition) is 6. The molecular formula is C15H27N3O3. The summed E-state index contributed by atoms with van der Waals surface area (Å²) >= 11 is 0. The molecule has 0 atom stereocenters. The molecule has 0 spiro atoms. The molecule has 1 aliphatic rings. The van der Waals surface area contributed by atoms with Crippen molar-refractivity contribution in [2.24, 2.45) is 0 Å². The first-order valence-electron chi connectivity index (χ1n) is 7.94. The summed E-state index contributed by atoms with van der Waals surface area (Å²) in [6, 6.07) is 0. The van der Waals surface area contributed by atoms with Crippen LogP contribution in [-0.4, -0.2) is 43.1 Å². The fraction of sp³-hybridized carbons (Fsp3) is 0.867. The van der Waals surface area contributed by atoms with Gasteiger partial charge in [0.1, 0.15) is 5.60 Å². The minimum atomic E-state index is -0.433. The van der Waals surface area contributed by atoms with Crippen LogP contribution in [0.1, 0.15) is 51.2 Å². The van der Waals surface area contributed by atoms with Crippen molar-refractivity contribution in [3.05, 3.63) is 11.7 Å². The zero-order valence-electron chi connectivity index (χ0n) is 13.4. The molecule has 21 heavy (non-hydrogen) atoms. The van der Waals surface area contributed by atoms with Gasteiger partial charge in [0.15, 0.2) is 0 Å². The van der Waals surface area contributed by atoms with Crippen LogP contribution >= 0.6 is 0 Å². The van der Waals surface area contributed by atoms with Gasteiger partial charge in [-0.1, -0.05) is 19.0 Å². The molecule has 1 saturated heterocycles. The monoisotopic (exact) mass is 297 g/mol. The molecule has 0 radical (unpaired) electrons. The van der Waals surface area contributed by atoms with Crippen LogP contribution in [0.5, 0.6) is 0 Å². The second-order valence-corrected chi connectivity index (χ2v) is 5.49. The Bertz CT molecular complexity index is 404. The molecule has 1 aliphatic heterocycles. The SMILES string of the molecule is CCC(CC)(OC)c1noc(CCOC2CCNCC2)n1. The number of ether oxygens (including phenoxy) is 2. The maximum atomic E-state index is 5.86. The number of methoxy groups -OCH3 is 1. The molecular weight excluding hydrogens is 270 g/mol. The first-order chi connectivity index (χ1) is 10.2. The van der Waals surface area contributed by atoms with E-state index in [2.05, 4.69) is 29.3 Å². The number of rotatable bonds is 8. The minimum Gasteiger partial charge on any atom is -0.378 e. The van der Waals surface area contributed by atoms with Gasteiger partial charge in [0.25, 0.3) is 0 Å². The van der Waals surface area contributed by atoms with Gasteiger partial charge in [-0.25, -0.2) is 0 Å². The third-order valence-corrected chi connectivity index (χ3v) is 4.36. The third-order valence-electron chi connectivity index (χ3n) is 4.36. The maximum absolute atomic E-state index is 5.86. The van der Waals surface area contributed by atoms with Gasteiger partial charge in [-0.15, -0.1) is 0 Å². The minimum absolute atomic E-state index is 0.359. The van der Waals surface area contributed by atoms with Gasteiger partial charge < -0.3 is 19.3 Å². The topological polar surface area (TPSA) is 69.4 Å². The van der Waals surface area contributed by atoms with Crippen molar-refractivity contribution in [1.82, 2.24) is 15.5 Å². The average molecular weight is 297 g/mol. The van der Waals surface area contributed by atoms with Crippen molar-refractivity contribution in [3.8, 4) is 0 Å². The smallest absolute Gasteiger partial charge is 0.229 e. The van der Waals surface area contributed by atoms with Crippen LogP contribution in [-0.2, 0) is 21.5 Å². The molecule has 0 amide bonds. The third kappa shape index (κ3) is 4.02. The summed E-state index contributed by atoms with van der Waals surface area (Å²) in [6.07, 6.45) is 4.82. The first-order valence-corrected chi connectivity index (χ1v) is 7.94. The van der Waals surface area contributed by atoms with Crippen LogP contribution in [0.25, 0.3) is 0 Å². The highest BCUT2D eigenvalue weighted by molar-refractivity contribution is 5.01. The highest BCUT2D eigenvalue weighted by atomic mass is 16.5. The van der Waals surface area contributed by atoms with Crippen molar-refractivity contribution >= 4 is 0 Å². The number of aromatic nitrogens is 2. The zero-order chi connectivity index (χ0) is 15.1. The van der Waals surface area contributed by atoms with Crippen molar-refractivity contribution in [3.63, 3.8) is 0 Å².